The molecule has 0 bridgehead atoms. The van der Waals surface area contributed by atoms with Crippen LogP contribution in [0.2, 0.25) is 0 Å². The zero-order chi connectivity index (χ0) is 7.23. The summed E-state index contributed by atoms with van der Waals surface area (Å²) in [5.74, 6) is 0.949. The zero-order valence-electron chi connectivity index (χ0n) is 7.55. The summed E-state index contributed by atoms with van der Waals surface area (Å²) in [5.41, 5.74) is 0. The van der Waals surface area contributed by atoms with Crippen LogP contribution in [0.3, 0.4) is 0 Å². The van der Waals surface area contributed by atoms with Crippen molar-refractivity contribution < 1.29 is 32.7 Å². The van der Waals surface area contributed by atoms with E-state index < -0.39 is 0 Å². The van der Waals surface area contributed by atoms with Gasteiger partial charge in [-0.25, -0.2) is 0 Å². The van der Waals surface area contributed by atoms with E-state index in [1.165, 1.54) is 38.5 Å². The van der Waals surface area contributed by atoms with Gasteiger partial charge in [0.2, 0.25) is 0 Å². The molecule has 0 N–H and O–H groups in total. The molecule has 1 aliphatic carbocycles. The average molecular weight is 227 g/mol. The Morgan fingerprint density at radius 3 is 2.82 bits per heavy atom. The molecule has 1 radical (unpaired) electrons. The van der Waals surface area contributed by atoms with Crippen LogP contribution in [0.4, 0.5) is 0 Å². The van der Waals surface area contributed by atoms with E-state index in [9.17, 15) is 0 Å². The van der Waals surface area contributed by atoms with Crippen molar-refractivity contribution in [2.75, 3.05) is 0 Å². The molecule has 0 heterocycles. The van der Waals surface area contributed by atoms with E-state index in [2.05, 4.69) is 19.8 Å². The van der Waals surface area contributed by atoms with Crippen molar-refractivity contribution in [2.45, 2.75) is 45.4 Å². The second-order valence-corrected chi connectivity index (χ2v) is 3.27. The maximum absolute atomic E-state index is 2.52. The van der Waals surface area contributed by atoms with Gasteiger partial charge in [-0.05, 0) is 0 Å². The summed E-state index contributed by atoms with van der Waals surface area (Å²) in [4.78, 5) is 0. The van der Waals surface area contributed by atoms with Gasteiger partial charge in [0, 0.05) is 32.7 Å². The molecule has 1 unspecified atom stereocenters. The summed E-state index contributed by atoms with van der Waals surface area (Å²) in [6.07, 6.45) is 13.2. The second kappa shape index (κ2) is 7.74. The molecule has 0 aromatic heterocycles. The summed E-state index contributed by atoms with van der Waals surface area (Å²) in [6.45, 7) is 2.16. The van der Waals surface area contributed by atoms with Crippen molar-refractivity contribution in [1.29, 1.82) is 0 Å². The topological polar surface area (TPSA) is 0 Å². The van der Waals surface area contributed by atoms with Crippen LogP contribution >= 0.6 is 0 Å². The Kier molecular flexibility index (Phi) is 8.51. The molecule has 0 aromatic carbocycles. The summed E-state index contributed by atoms with van der Waals surface area (Å²) in [5, 5.41) is 0. The van der Waals surface area contributed by atoms with E-state index in [0.29, 0.717) is 0 Å². The molecule has 0 spiro atoms. The fourth-order valence-corrected chi connectivity index (χ4v) is 1.67. The normalized spacial score (nSPS) is 24.3. The van der Waals surface area contributed by atoms with Crippen LogP contribution in [0, 0.1) is 18.8 Å². The Hall–Kier alpha value is 1.10. The third-order valence-corrected chi connectivity index (χ3v) is 2.36. The Morgan fingerprint density at radius 2 is 2.27 bits per heavy atom. The van der Waals surface area contributed by atoms with Gasteiger partial charge in [-0.2, -0.15) is 25.7 Å². The summed E-state index contributed by atoms with van der Waals surface area (Å²) in [6, 6.07) is 0. The van der Waals surface area contributed by atoms with Crippen LogP contribution in [-0.2, 0) is 32.7 Å². The van der Waals surface area contributed by atoms with Gasteiger partial charge < -0.3 is 12.8 Å². The fraction of sp³-hybridized carbons (Fsp3) is 0.800. The molecule has 0 saturated heterocycles. The average Bonchev–Trinajstić information content (AvgIpc) is 2.03. The van der Waals surface area contributed by atoms with Crippen molar-refractivity contribution in [3.63, 3.8) is 0 Å². The van der Waals surface area contributed by atoms with Gasteiger partial charge >= 0.3 is 0 Å². The Labute approximate surface area is 96.4 Å². The molecule has 1 atom stereocenters. The molecule has 0 aliphatic heterocycles. The van der Waals surface area contributed by atoms with E-state index >= 15 is 0 Å². The molecule has 1 aliphatic rings. The van der Waals surface area contributed by atoms with Gasteiger partial charge in [-0.1, -0.05) is 19.3 Å². The van der Waals surface area contributed by atoms with Gasteiger partial charge in [-0.3, -0.25) is 0 Å². The fourth-order valence-electron chi connectivity index (χ4n) is 1.67. The van der Waals surface area contributed by atoms with Crippen LogP contribution in [-0.4, -0.2) is 0 Å². The molecule has 1 heteroatoms. The van der Waals surface area contributed by atoms with Crippen molar-refractivity contribution in [1.82, 2.24) is 0 Å². The molecular weight excluding hydrogens is 209 g/mol. The molecule has 0 nitrogen and oxygen atoms in total. The first-order valence-electron chi connectivity index (χ1n) is 4.54. The maximum Gasteiger partial charge on any atom is 0 e. The first-order chi connectivity index (χ1) is 4.93. The van der Waals surface area contributed by atoms with Gasteiger partial charge in [0.25, 0.3) is 0 Å². The molecular formula is C10H18Y-2. The number of hydrogen-bond acceptors (Lipinski definition) is 0. The largest absolute Gasteiger partial charge is 0.332 e. The molecule has 1 saturated carbocycles. The molecule has 1 rings (SSSR count). The first-order valence-corrected chi connectivity index (χ1v) is 4.54. The molecule has 1 fully saturated rings. The van der Waals surface area contributed by atoms with Crippen LogP contribution in [0.15, 0.2) is 0 Å². The monoisotopic (exact) mass is 227 g/mol. The third-order valence-electron chi connectivity index (χ3n) is 2.36. The van der Waals surface area contributed by atoms with E-state index in [4.69, 9.17) is 0 Å². The van der Waals surface area contributed by atoms with Crippen LogP contribution in [0.1, 0.15) is 45.4 Å². The Balaban J connectivity index is 0.000001000. The van der Waals surface area contributed by atoms with Crippen molar-refractivity contribution >= 4 is 0 Å². The van der Waals surface area contributed by atoms with Crippen molar-refractivity contribution in [3.05, 3.63) is 12.8 Å². The van der Waals surface area contributed by atoms with Crippen LogP contribution in [0.5, 0.6) is 0 Å². The van der Waals surface area contributed by atoms with Gasteiger partial charge in [0.05, 0.1) is 0 Å². The van der Waals surface area contributed by atoms with Gasteiger partial charge in [-0.15, -0.1) is 6.42 Å². The minimum absolute atomic E-state index is 0. The number of rotatable bonds is 3. The third kappa shape index (κ3) is 5.36. The van der Waals surface area contributed by atoms with Crippen LogP contribution in [0.25, 0.3) is 0 Å². The van der Waals surface area contributed by atoms with E-state index in [1.807, 2.05) is 0 Å². The van der Waals surface area contributed by atoms with Gasteiger partial charge in [0.1, 0.15) is 0 Å². The number of hydrogen-bond donors (Lipinski definition) is 0. The Morgan fingerprint density at radius 1 is 1.45 bits per heavy atom. The molecule has 11 heavy (non-hydrogen) atoms. The van der Waals surface area contributed by atoms with Crippen molar-refractivity contribution in [2.24, 2.45) is 5.92 Å². The standard InChI is InChI=1S/C10H18.Y/c1-2-3-7-10-8-5-4-6-9-10;/h2,8,10H,3-7,9H2,1H3;/q-2;. The maximum atomic E-state index is 2.52. The zero-order valence-corrected chi connectivity index (χ0v) is 10.4. The summed E-state index contributed by atoms with van der Waals surface area (Å²) < 4.78 is 0. The second-order valence-electron chi connectivity index (χ2n) is 3.27. The minimum atomic E-state index is 0. The van der Waals surface area contributed by atoms with Crippen molar-refractivity contribution in [3.8, 4) is 0 Å². The molecule has 0 amide bonds. The first kappa shape index (κ1) is 12.1. The van der Waals surface area contributed by atoms with E-state index in [0.717, 1.165) is 5.92 Å². The minimum Gasteiger partial charge on any atom is -0.332 e. The SMILES string of the molecule is C[CH-]CCC1[CH-]CCCC1.[Y]. The van der Waals surface area contributed by atoms with E-state index in [1.54, 1.807) is 0 Å². The summed E-state index contributed by atoms with van der Waals surface area (Å²) in [7, 11) is 0. The van der Waals surface area contributed by atoms with E-state index in [-0.39, 0.29) is 32.7 Å². The molecule has 63 valence electrons. The van der Waals surface area contributed by atoms with Crippen LogP contribution < -0.4 is 0 Å². The smallest absolute Gasteiger partial charge is 0 e. The number of unbranched alkanes of at least 4 members (excludes halogenated alkanes) is 1. The molecule has 0 aromatic rings. The predicted octanol–water partition coefficient (Wildman–Crippen LogP) is 3.38. The Bertz CT molecular complexity index is 74.9. The van der Waals surface area contributed by atoms with Gasteiger partial charge in [0.15, 0.2) is 0 Å². The summed E-state index contributed by atoms with van der Waals surface area (Å²) >= 11 is 0. The predicted molar refractivity (Wildman–Crippen MR) is 45.5 cm³/mol. The quantitative estimate of drug-likeness (QED) is 0.648.